The molecule has 25 heavy (non-hydrogen) atoms. The fraction of sp³-hybridized carbons (Fsp3) is 0.263. The van der Waals surface area contributed by atoms with E-state index in [9.17, 15) is 9.59 Å². The van der Waals surface area contributed by atoms with Gasteiger partial charge in [0.2, 0.25) is 11.8 Å². The molecule has 1 unspecified atom stereocenters. The Labute approximate surface area is 159 Å². The highest BCUT2D eigenvalue weighted by molar-refractivity contribution is 9.11. The van der Waals surface area contributed by atoms with Gasteiger partial charge < -0.3 is 10.6 Å². The first kappa shape index (κ1) is 17.9. The Morgan fingerprint density at radius 2 is 2.04 bits per heavy atom. The zero-order valence-electron chi connectivity index (χ0n) is 13.6. The van der Waals surface area contributed by atoms with Crippen LogP contribution >= 0.6 is 27.3 Å². The van der Waals surface area contributed by atoms with E-state index < -0.39 is 6.04 Å². The Morgan fingerprint density at radius 1 is 1.28 bits per heavy atom. The first-order valence-corrected chi connectivity index (χ1v) is 9.84. The highest BCUT2D eigenvalue weighted by Crippen LogP contribution is 2.21. The second-order valence-corrected chi connectivity index (χ2v) is 8.34. The molecule has 0 saturated heterocycles. The van der Waals surface area contributed by atoms with Crippen molar-refractivity contribution in [3.05, 3.63) is 62.8 Å². The maximum Gasteiger partial charge on any atom is 0.244 e. The molecule has 1 aliphatic rings. The lowest BCUT2D eigenvalue weighted by Crippen LogP contribution is -2.48. The molecule has 1 saturated carbocycles. The van der Waals surface area contributed by atoms with E-state index in [0.29, 0.717) is 6.42 Å². The summed E-state index contributed by atoms with van der Waals surface area (Å²) in [4.78, 5) is 24.7. The highest BCUT2D eigenvalue weighted by Gasteiger charge is 2.28. The molecule has 130 valence electrons. The first-order valence-electron chi connectivity index (χ1n) is 8.17. The number of benzene rings is 1. The lowest BCUT2D eigenvalue weighted by Gasteiger charge is -2.17. The summed E-state index contributed by atoms with van der Waals surface area (Å²) in [6.45, 7) is 0. The lowest BCUT2D eigenvalue weighted by atomic mass is 10.1. The summed E-state index contributed by atoms with van der Waals surface area (Å²) in [5.74, 6) is -0.388. The predicted molar refractivity (Wildman–Crippen MR) is 104 cm³/mol. The molecule has 0 aliphatic heterocycles. The molecule has 1 heterocycles. The molecule has 4 nitrogen and oxygen atoms in total. The van der Waals surface area contributed by atoms with Gasteiger partial charge in [0.25, 0.3) is 0 Å². The maximum atomic E-state index is 12.5. The second-order valence-electron chi connectivity index (χ2n) is 6.05. The minimum absolute atomic E-state index is 0.119. The van der Waals surface area contributed by atoms with E-state index in [1.807, 2.05) is 41.8 Å². The number of thiophene rings is 1. The number of halogens is 1. The summed E-state index contributed by atoms with van der Waals surface area (Å²) in [6.07, 6.45) is 5.73. The van der Waals surface area contributed by atoms with E-state index in [1.165, 1.54) is 6.08 Å². The third kappa shape index (κ3) is 5.83. The molecule has 6 heteroatoms. The van der Waals surface area contributed by atoms with Gasteiger partial charge in [0.05, 0.1) is 3.79 Å². The second kappa shape index (κ2) is 8.45. The van der Waals surface area contributed by atoms with E-state index in [0.717, 1.165) is 27.8 Å². The van der Waals surface area contributed by atoms with Gasteiger partial charge in [-0.1, -0.05) is 30.3 Å². The van der Waals surface area contributed by atoms with Crippen LogP contribution in [-0.4, -0.2) is 23.9 Å². The zero-order valence-corrected chi connectivity index (χ0v) is 16.0. The van der Waals surface area contributed by atoms with Crippen molar-refractivity contribution in [3.8, 4) is 0 Å². The molecule has 1 aromatic carbocycles. The van der Waals surface area contributed by atoms with E-state index >= 15 is 0 Å². The van der Waals surface area contributed by atoms with Crippen molar-refractivity contribution in [2.45, 2.75) is 31.3 Å². The smallest absolute Gasteiger partial charge is 0.244 e. The molecule has 1 fully saturated rings. The SMILES string of the molecule is O=C(/C=C/c1csc(Br)c1)NC(Cc1ccccc1)C(=O)NC1CC1. The van der Waals surface area contributed by atoms with Crippen LogP contribution in [0.4, 0.5) is 0 Å². The monoisotopic (exact) mass is 418 g/mol. The van der Waals surface area contributed by atoms with Crippen molar-refractivity contribution in [3.63, 3.8) is 0 Å². The fourth-order valence-corrected chi connectivity index (χ4v) is 3.54. The quantitative estimate of drug-likeness (QED) is 0.675. The van der Waals surface area contributed by atoms with E-state index in [1.54, 1.807) is 17.4 Å². The molecular weight excluding hydrogens is 400 g/mol. The summed E-state index contributed by atoms with van der Waals surface area (Å²) in [5.41, 5.74) is 1.97. The van der Waals surface area contributed by atoms with Gasteiger partial charge in [-0.2, -0.15) is 0 Å². The van der Waals surface area contributed by atoms with Crippen LogP contribution in [0.2, 0.25) is 0 Å². The molecule has 2 N–H and O–H groups in total. The summed E-state index contributed by atoms with van der Waals surface area (Å²) in [6, 6.07) is 11.3. The maximum absolute atomic E-state index is 12.5. The molecule has 0 bridgehead atoms. The fourth-order valence-electron chi connectivity index (χ4n) is 2.39. The van der Waals surface area contributed by atoms with Crippen molar-refractivity contribution >= 4 is 45.2 Å². The molecule has 2 amide bonds. The van der Waals surface area contributed by atoms with Gasteiger partial charge in [0.15, 0.2) is 0 Å². The van der Waals surface area contributed by atoms with Gasteiger partial charge in [0, 0.05) is 18.5 Å². The third-order valence-electron chi connectivity index (χ3n) is 3.85. The van der Waals surface area contributed by atoms with Crippen molar-refractivity contribution in [1.82, 2.24) is 10.6 Å². The Morgan fingerprint density at radius 3 is 2.68 bits per heavy atom. The van der Waals surface area contributed by atoms with Crippen LogP contribution in [0, 0.1) is 0 Å². The minimum atomic E-state index is -0.575. The largest absolute Gasteiger partial charge is 0.352 e. The molecule has 3 rings (SSSR count). The van der Waals surface area contributed by atoms with Gasteiger partial charge in [-0.3, -0.25) is 9.59 Å². The summed E-state index contributed by atoms with van der Waals surface area (Å²) < 4.78 is 1.01. The Hall–Kier alpha value is -1.92. The molecular formula is C19H19BrN2O2S. The Kier molecular flexibility index (Phi) is 6.04. The number of carbonyl (C=O) groups is 2. The van der Waals surface area contributed by atoms with Gasteiger partial charge >= 0.3 is 0 Å². The first-order chi connectivity index (χ1) is 12.1. The van der Waals surface area contributed by atoms with E-state index in [2.05, 4.69) is 26.6 Å². The van der Waals surface area contributed by atoms with Crippen LogP contribution in [0.25, 0.3) is 6.08 Å². The number of carbonyl (C=O) groups excluding carboxylic acids is 2. The van der Waals surface area contributed by atoms with E-state index in [-0.39, 0.29) is 17.9 Å². The number of nitrogens with one attached hydrogen (secondary N) is 2. The van der Waals surface area contributed by atoms with Crippen molar-refractivity contribution in [2.24, 2.45) is 0 Å². The average Bonchev–Trinajstić information content (AvgIpc) is 3.32. The van der Waals surface area contributed by atoms with Crippen LogP contribution in [0.3, 0.4) is 0 Å². The van der Waals surface area contributed by atoms with Crippen molar-refractivity contribution in [1.29, 1.82) is 0 Å². The van der Waals surface area contributed by atoms with Gasteiger partial charge in [-0.05, 0) is 57.4 Å². The topological polar surface area (TPSA) is 58.2 Å². The highest BCUT2D eigenvalue weighted by atomic mass is 79.9. The van der Waals surface area contributed by atoms with Gasteiger partial charge in [0.1, 0.15) is 6.04 Å². The normalized spacial score (nSPS) is 15.1. The average molecular weight is 419 g/mol. The van der Waals surface area contributed by atoms with Crippen LogP contribution in [0.1, 0.15) is 24.0 Å². The Bertz CT molecular complexity index is 769. The zero-order chi connectivity index (χ0) is 17.6. The van der Waals surface area contributed by atoms with Crippen LogP contribution < -0.4 is 10.6 Å². The van der Waals surface area contributed by atoms with Gasteiger partial charge in [-0.15, -0.1) is 11.3 Å². The third-order valence-corrected chi connectivity index (χ3v) is 5.38. The van der Waals surface area contributed by atoms with Crippen molar-refractivity contribution in [2.75, 3.05) is 0 Å². The molecule has 1 aromatic heterocycles. The molecule has 1 atom stereocenters. The Balaban J connectivity index is 1.64. The number of hydrogen-bond donors (Lipinski definition) is 2. The molecule has 2 aromatic rings. The number of amides is 2. The van der Waals surface area contributed by atoms with Crippen LogP contribution in [0.5, 0.6) is 0 Å². The standard InChI is InChI=1S/C19H19BrN2O2S/c20-17-11-14(12-25-17)6-9-18(23)22-16(19(24)21-15-7-8-15)10-13-4-2-1-3-5-13/h1-6,9,11-12,15-16H,7-8,10H2,(H,21,24)(H,22,23)/b9-6+. The number of rotatable bonds is 7. The molecule has 1 aliphatic carbocycles. The van der Waals surface area contributed by atoms with E-state index in [4.69, 9.17) is 0 Å². The molecule has 0 spiro atoms. The lowest BCUT2D eigenvalue weighted by molar-refractivity contribution is -0.127. The summed E-state index contributed by atoms with van der Waals surface area (Å²) in [7, 11) is 0. The molecule has 0 radical (unpaired) electrons. The number of hydrogen-bond acceptors (Lipinski definition) is 3. The van der Waals surface area contributed by atoms with Gasteiger partial charge in [-0.25, -0.2) is 0 Å². The van der Waals surface area contributed by atoms with Crippen LogP contribution in [-0.2, 0) is 16.0 Å². The minimum Gasteiger partial charge on any atom is -0.352 e. The predicted octanol–water partition coefficient (Wildman–Crippen LogP) is 3.53. The van der Waals surface area contributed by atoms with Crippen molar-refractivity contribution < 1.29 is 9.59 Å². The summed E-state index contributed by atoms with van der Waals surface area (Å²) in [5, 5.41) is 7.76. The van der Waals surface area contributed by atoms with Crippen LogP contribution in [0.15, 0.2) is 51.6 Å². The summed E-state index contributed by atoms with van der Waals surface area (Å²) >= 11 is 4.96.